The monoisotopic (exact) mass is 319 g/mol. The molecular formula is C18H19Cl2N. The lowest BCUT2D eigenvalue weighted by Crippen LogP contribution is -1.98. The smallest absolute Gasteiger partial charge is 0.0491 e. The average molecular weight is 320 g/mol. The molecule has 0 N–H and O–H groups in total. The molecule has 0 bridgehead atoms. The molecule has 21 heavy (non-hydrogen) atoms. The molecule has 0 aliphatic carbocycles. The van der Waals surface area contributed by atoms with E-state index >= 15 is 0 Å². The highest BCUT2D eigenvalue weighted by Gasteiger charge is 2.07. The lowest BCUT2D eigenvalue weighted by molar-refractivity contribution is 0.834. The number of fused-ring (bicyclic) bond motifs is 1. The van der Waals surface area contributed by atoms with Crippen molar-refractivity contribution in [1.29, 1.82) is 0 Å². The fourth-order valence-electron chi connectivity index (χ4n) is 2.39. The van der Waals surface area contributed by atoms with Crippen LogP contribution in [0.25, 0.3) is 10.9 Å². The molecule has 0 radical (unpaired) electrons. The molecule has 0 saturated carbocycles. The van der Waals surface area contributed by atoms with E-state index in [0.29, 0.717) is 0 Å². The Morgan fingerprint density at radius 2 is 1.71 bits per heavy atom. The van der Waals surface area contributed by atoms with Gasteiger partial charge in [-0.15, -0.1) is 0 Å². The van der Waals surface area contributed by atoms with E-state index in [9.17, 15) is 0 Å². The number of nitrogens with zero attached hydrogens (tertiary/aromatic N) is 1. The zero-order valence-corrected chi connectivity index (χ0v) is 14.0. The van der Waals surface area contributed by atoms with Crippen molar-refractivity contribution in [3.05, 3.63) is 69.8 Å². The molecule has 0 amide bonds. The Morgan fingerprint density at radius 1 is 1.00 bits per heavy atom. The highest BCUT2D eigenvalue weighted by Crippen LogP contribution is 2.26. The normalized spacial score (nSPS) is 10.3. The number of aryl methyl sites for hydroxylation is 1. The quantitative estimate of drug-likeness (QED) is 0.520. The SMILES string of the molecule is CC.Cc1cn(Cc2ccccc2Cl)c2ccc(Cl)cc12. The van der Waals surface area contributed by atoms with Gasteiger partial charge in [-0.05, 0) is 42.3 Å². The van der Waals surface area contributed by atoms with Crippen molar-refractivity contribution in [2.45, 2.75) is 27.3 Å². The van der Waals surface area contributed by atoms with Crippen LogP contribution in [0.2, 0.25) is 10.0 Å². The van der Waals surface area contributed by atoms with Gasteiger partial charge in [0.2, 0.25) is 0 Å². The molecule has 0 unspecified atom stereocenters. The van der Waals surface area contributed by atoms with E-state index in [1.165, 1.54) is 16.5 Å². The van der Waals surface area contributed by atoms with Crippen molar-refractivity contribution in [3.8, 4) is 0 Å². The largest absolute Gasteiger partial charge is 0.343 e. The lowest BCUT2D eigenvalue weighted by atomic mass is 10.2. The Morgan fingerprint density at radius 3 is 2.43 bits per heavy atom. The van der Waals surface area contributed by atoms with Crippen molar-refractivity contribution >= 4 is 34.1 Å². The van der Waals surface area contributed by atoms with Gasteiger partial charge in [-0.1, -0.05) is 55.2 Å². The summed E-state index contributed by atoms with van der Waals surface area (Å²) in [5.41, 5.74) is 3.53. The van der Waals surface area contributed by atoms with Crippen molar-refractivity contribution in [1.82, 2.24) is 4.57 Å². The Kier molecular flexibility index (Phi) is 5.33. The molecule has 110 valence electrons. The van der Waals surface area contributed by atoms with Gasteiger partial charge in [0.05, 0.1) is 0 Å². The van der Waals surface area contributed by atoms with Gasteiger partial charge in [0.15, 0.2) is 0 Å². The average Bonchev–Trinajstić information content (AvgIpc) is 2.80. The third kappa shape index (κ3) is 3.42. The molecule has 0 aliphatic rings. The second-order valence-corrected chi connectivity index (χ2v) is 5.54. The van der Waals surface area contributed by atoms with Crippen molar-refractivity contribution in [2.24, 2.45) is 0 Å². The minimum absolute atomic E-state index is 0.769. The van der Waals surface area contributed by atoms with E-state index in [2.05, 4.69) is 29.8 Å². The van der Waals surface area contributed by atoms with Crippen molar-refractivity contribution in [2.75, 3.05) is 0 Å². The van der Waals surface area contributed by atoms with Gasteiger partial charge in [0.1, 0.15) is 0 Å². The molecule has 0 spiro atoms. The summed E-state index contributed by atoms with van der Waals surface area (Å²) < 4.78 is 2.21. The summed E-state index contributed by atoms with van der Waals surface area (Å²) in [5, 5.41) is 2.77. The Labute approximate surface area is 136 Å². The second-order valence-electron chi connectivity index (χ2n) is 4.69. The molecule has 1 aromatic heterocycles. The molecule has 3 rings (SSSR count). The highest BCUT2D eigenvalue weighted by atomic mass is 35.5. The zero-order chi connectivity index (χ0) is 15.4. The van der Waals surface area contributed by atoms with Gasteiger partial charge in [-0.25, -0.2) is 0 Å². The number of rotatable bonds is 2. The van der Waals surface area contributed by atoms with Crippen LogP contribution in [0.1, 0.15) is 25.0 Å². The van der Waals surface area contributed by atoms with Gasteiger partial charge in [-0.3, -0.25) is 0 Å². The lowest BCUT2D eigenvalue weighted by Gasteiger charge is -2.07. The first-order chi connectivity index (χ1) is 10.1. The van der Waals surface area contributed by atoms with Gasteiger partial charge >= 0.3 is 0 Å². The maximum absolute atomic E-state index is 6.22. The fraction of sp³-hybridized carbons (Fsp3) is 0.222. The minimum atomic E-state index is 0.769. The van der Waals surface area contributed by atoms with Crippen LogP contribution in [0.4, 0.5) is 0 Å². The van der Waals surface area contributed by atoms with Crippen LogP contribution >= 0.6 is 23.2 Å². The molecule has 2 aromatic carbocycles. The predicted octanol–water partition coefficient (Wildman–Crippen LogP) is 6.33. The van der Waals surface area contributed by atoms with Gasteiger partial charge in [0, 0.05) is 33.7 Å². The molecule has 3 heteroatoms. The zero-order valence-electron chi connectivity index (χ0n) is 12.5. The third-order valence-electron chi connectivity index (χ3n) is 3.34. The van der Waals surface area contributed by atoms with Crippen LogP contribution < -0.4 is 0 Å². The third-order valence-corrected chi connectivity index (χ3v) is 3.94. The van der Waals surface area contributed by atoms with Crippen LogP contribution in [0.3, 0.4) is 0 Å². The van der Waals surface area contributed by atoms with E-state index in [1.54, 1.807) is 0 Å². The predicted molar refractivity (Wildman–Crippen MR) is 93.6 cm³/mol. The van der Waals surface area contributed by atoms with Crippen LogP contribution in [-0.2, 0) is 6.54 Å². The van der Waals surface area contributed by atoms with Gasteiger partial charge in [-0.2, -0.15) is 0 Å². The Hall–Kier alpha value is -1.44. The van der Waals surface area contributed by atoms with Gasteiger partial charge < -0.3 is 4.57 Å². The van der Waals surface area contributed by atoms with Crippen LogP contribution in [-0.4, -0.2) is 4.57 Å². The first-order valence-electron chi connectivity index (χ1n) is 7.13. The summed E-state index contributed by atoms with van der Waals surface area (Å²) in [5.74, 6) is 0. The number of hydrogen-bond donors (Lipinski definition) is 0. The summed E-state index contributed by atoms with van der Waals surface area (Å²) in [4.78, 5) is 0. The summed E-state index contributed by atoms with van der Waals surface area (Å²) in [7, 11) is 0. The van der Waals surface area contributed by atoms with Crippen LogP contribution in [0.15, 0.2) is 48.7 Å². The van der Waals surface area contributed by atoms with E-state index in [0.717, 1.165) is 22.2 Å². The molecule has 0 fully saturated rings. The number of halogens is 2. The topological polar surface area (TPSA) is 4.93 Å². The molecule has 0 aliphatic heterocycles. The van der Waals surface area contributed by atoms with Gasteiger partial charge in [0.25, 0.3) is 0 Å². The van der Waals surface area contributed by atoms with E-state index in [4.69, 9.17) is 23.2 Å². The van der Waals surface area contributed by atoms with E-state index in [-0.39, 0.29) is 0 Å². The summed E-state index contributed by atoms with van der Waals surface area (Å²) in [6.07, 6.45) is 2.14. The first kappa shape index (κ1) is 15.9. The second kappa shape index (κ2) is 7.02. The maximum atomic E-state index is 6.22. The van der Waals surface area contributed by atoms with Crippen molar-refractivity contribution < 1.29 is 0 Å². The molecule has 1 nitrogen and oxygen atoms in total. The van der Waals surface area contributed by atoms with Crippen LogP contribution in [0.5, 0.6) is 0 Å². The van der Waals surface area contributed by atoms with E-state index < -0.39 is 0 Å². The standard InChI is InChI=1S/C16H13Cl2N.C2H6/c1-11-9-19(10-12-4-2-3-5-15(12)18)16-7-6-13(17)8-14(11)16;1-2/h2-9H,10H2,1H3;1-2H3. The van der Waals surface area contributed by atoms with Crippen LogP contribution in [0, 0.1) is 6.92 Å². The molecule has 0 atom stereocenters. The summed E-state index contributed by atoms with van der Waals surface area (Å²) in [6, 6.07) is 13.9. The van der Waals surface area contributed by atoms with Crippen molar-refractivity contribution in [3.63, 3.8) is 0 Å². The number of hydrogen-bond acceptors (Lipinski definition) is 0. The molecule has 3 aromatic rings. The van der Waals surface area contributed by atoms with E-state index in [1.807, 2.05) is 44.2 Å². The summed E-state index contributed by atoms with van der Waals surface area (Å²) >= 11 is 12.3. The highest BCUT2D eigenvalue weighted by molar-refractivity contribution is 6.31. The summed E-state index contributed by atoms with van der Waals surface area (Å²) in [6.45, 7) is 6.87. The number of benzene rings is 2. The first-order valence-corrected chi connectivity index (χ1v) is 7.89. The molecule has 1 heterocycles. The maximum Gasteiger partial charge on any atom is 0.0491 e. The molecular weight excluding hydrogens is 301 g/mol. The fourth-order valence-corrected chi connectivity index (χ4v) is 2.76. The Bertz CT molecular complexity index is 744. The number of aromatic nitrogens is 1. The molecule has 0 saturated heterocycles. The minimum Gasteiger partial charge on any atom is -0.343 e. The Balaban J connectivity index is 0.000000774.